The first-order valence-electron chi connectivity index (χ1n) is 6.35. The van der Waals surface area contributed by atoms with Gasteiger partial charge in [0.1, 0.15) is 5.00 Å². The summed E-state index contributed by atoms with van der Waals surface area (Å²) in [5.41, 5.74) is 6.80. The molecule has 3 N–H and O–H groups in total. The van der Waals surface area contributed by atoms with Gasteiger partial charge >= 0.3 is 0 Å². The molecule has 2 rings (SSSR count). The van der Waals surface area contributed by atoms with Crippen LogP contribution in [0.4, 0.5) is 10.7 Å². The molecule has 0 saturated heterocycles. The second-order valence-corrected chi connectivity index (χ2v) is 6.64. The number of nitrogens with two attached hydrogens (primary N) is 1. The van der Waals surface area contributed by atoms with Gasteiger partial charge in [-0.05, 0) is 32.4 Å². The Morgan fingerprint density at radius 2 is 2.28 bits per heavy atom. The monoisotopic (exact) mass is 284 g/mol. The van der Waals surface area contributed by atoms with Gasteiger partial charge in [-0.3, -0.25) is 4.79 Å². The molecule has 3 nitrogen and oxygen atoms in total. The lowest BCUT2D eigenvalue weighted by molar-refractivity contribution is 0.0972. The maximum atomic E-state index is 12.2. The number of anilines is 2. The van der Waals surface area contributed by atoms with Gasteiger partial charge in [0.25, 0.3) is 0 Å². The van der Waals surface area contributed by atoms with Gasteiger partial charge in [-0.1, -0.05) is 6.92 Å². The van der Waals surface area contributed by atoms with E-state index in [4.69, 9.17) is 5.73 Å². The van der Waals surface area contributed by atoms with Crippen LogP contribution in [0.1, 0.15) is 42.8 Å². The Kier molecular flexibility index (Phi) is 4.22. The van der Waals surface area contributed by atoms with E-state index in [1.165, 1.54) is 11.3 Å². The van der Waals surface area contributed by atoms with Crippen LogP contribution < -0.4 is 11.1 Å². The van der Waals surface area contributed by atoms with E-state index in [1.807, 2.05) is 6.26 Å². The maximum absolute atomic E-state index is 12.2. The van der Waals surface area contributed by atoms with Gasteiger partial charge in [0, 0.05) is 12.0 Å². The number of carbonyl (C=O) groups is 1. The quantitative estimate of drug-likeness (QED) is 0.615. The number of nitrogen functional groups attached to an aromatic ring is 1. The Bertz CT molecular complexity index is 452. The summed E-state index contributed by atoms with van der Waals surface area (Å²) in [4.78, 5) is 13.9. The molecule has 1 aromatic heterocycles. The van der Waals surface area contributed by atoms with Crippen molar-refractivity contribution >= 4 is 39.6 Å². The smallest absolute Gasteiger partial charge is 0.178 e. The molecule has 1 aromatic rings. The summed E-state index contributed by atoms with van der Waals surface area (Å²) in [5, 5.41) is 4.51. The summed E-state index contributed by atoms with van der Waals surface area (Å²) in [6.07, 6.45) is 5.11. The number of thiophene rings is 1. The number of hydrogen-bond donors (Lipinski definition) is 2. The van der Waals surface area contributed by atoms with Crippen molar-refractivity contribution in [1.82, 2.24) is 0 Å². The van der Waals surface area contributed by atoms with Crippen LogP contribution in [-0.2, 0) is 0 Å². The Morgan fingerprint density at radius 1 is 1.61 bits per heavy atom. The van der Waals surface area contributed by atoms with E-state index in [0.29, 0.717) is 11.7 Å². The van der Waals surface area contributed by atoms with E-state index < -0.39 is 0 Å². The molecule has 1 fully saturated rings. The zero-order valence-electron chi connectivity index (χ0n) is 11.1. The Labute approximate surface area is 117 Å². The van der Waals surface area contributed by atoms with E-state index >= 15 is 0 Å². The van der Waals surface area contributed by atoms with Crippen molar-refractivity contribution in [2.24, 2.45) is 5.92 Å². The summed E-state index contributed by atoms with van der Waals surface area (Å²) in [6.45, 7) is 4.28. The Morgan fingerprint density at radius 3 is 2.78 bits per heavy atom. The van der Waals surface area contributed by atoms with Crippen molar-refractivity contribution < 1.29 is 4.79 Å². The van der Waals surface area contributed by atoms with Crippen LogP contribution in [0.2, 0.25) is 0 Å². The van der Waals surface area contributed by atoms with E-state index in [0.717, 1.165) is 34.0 Å². The molecule has 1 aliphatic carbocycles. The van der Waals surface area contributed by atoms with Crippen LogP contribution in [0, 0.1) is 5.92 Å². The second-order valence-electron chi connectivity index (χ2n) is 4.80. The predicted molar refractivity (Wildman–Crippen MR) is 80.9 cm³/mol. The molecule has 100 valence electrons. The largest absolute Gasteiger partial charge is 0.396 e. The van der Waals surface area contributed by atoms with Crippen LogP contribution in [-0.4, -0.2) is 18.1 Å². The second kappa shape index (κ2) is 5.53. The molecular formula is C13H20N2OS2. The molecule has 1 unspecified atom stereocenters. The minimum atomic E-state index is 0.233. The van der Waals surface area contributed by atoms with Crippen LogP contribution in [0.25, 0.3) is 0 Å². The molecular weight excluding hydrogens is 264 g/mol. The highest BCUT2D eigenvalue weighted by Gasteiger charge is 2.34. The number of nitrogens with one attached hydrogen (secondary N) is 1. The summed E-state index contributed by atoms with van der Waals surface area (Å²) in [7, 11) is 0. The van der Waals surface area contributed by atoms with Crippen molar-refractivity contribution in [3.05, 3.63) is 4.88 Å². The summed E-state index contributed by atoms with van der Waals surface area (Å²) in [6, 6.07) is 0.401. The molecule has 0 radical (unpaired) electrons. The molecule has 18 heavy (non-hydrogen) atoms. The van der Waals surface area contributed by atoms with Crippen molar-refractivity contribution in [1.29, 1.82) is 0 Å². The van der Waals surface area contributed by atoms with E-state index in [2.05, 4.69) is 19.2 Å². The number of rotatable bonds is 6. The zero-order chi connectivity index (χ0) is 13.3. The minimum absolute atomic E-state index is 0.233. The lowest BCUT2D eigenvalue weighted by Crippen LogP contribution is -2.12. The maximum Gasteiger partial charge on any atom is 0.178 e. The normalized spacial score (nSPS) is 16.6. The first kappa shape index (κ1) is 13.7. The van der Waals surface area contributed by atoms with Gasteiger partial charge in [0.15, 0.2) is 5.78 Å². The fraction of sp³-hybridized carbons (Fsp3) is 0.615. The van der Waals surface area contributed by atoms with Crippen molar-refractivity contribution in [2.45, 2.75) is 44.0 Å². The average Bonchev–Trinajstić information content (AvgIpc) is 3.15. The fourth-order valence-corrected chi connectivity index (χ4v) is 3.92. The molecule has 5 heteroatoms. The summed E-state index contributed by atoms with van der Waals surface area (Å²) in [5.74, 6) is 0.474. The zero-order valence-corrected chi connectivity index (χ0v) is 12.7. The predicted octanol–water partition coefficient (Wildman–Crippen LogP) is 3.86. The Balaban J connectivity index is 2.28. The topological polar surface area (TPSA) is 55.1 Å². The van der Waals surface area contributed by atoms with E-state index in [1.54, 1.807) is 11.8 Å². The highest BCUT2D eigenvalue weighted by atomic mass is 32.2. The Hall–Kier alpha value is -0.680. The van der Waals surface area contributed by atoms with Crippen molar-refractivity contribution in [3.63, 3.8) is 0 Å². The molecule has 0 aliphatic heterocycles. The van der Waals surface area contributed by atoms with Crippen LogP contribution in [0.15, 0.2) is 4.90 Å². The molecule has 0 aromatic carbocycles. The third-order valence-electron chi connectivity index (χ3n) is 3.27. The number of ketones is 1. The number of thioether (sulfide) groups is 1. The fourth-order valence-electron chi connectivity index (χ4n) is 1.77. The third-order valence-corrected chi connectivity index (χ3v) is 5.38. The van der Waals surface area contributed by atoms with Crippen LogP contribution in [0.5, 0.6) is 0 Å². The average molecular weight is 284 g/mol. The minimum Gasteiger partial charge on any atom is -0.396 e. The lowest BCUT2D eigenvalue weighted by Gasteiger charge is -2.12. The van der Waals surface area contributed by atoms with Crippen molar-refractivity contribution in [3.8, 4) is 0 Å². The van der Waals surface area contributed by atoms with Gasteiger partial charge in [0.05, 0.1) is 15.5 Å². The van der Waals surface area contributed by atoms with Gasteiger partial charge < -0.3 is 11.1 Å². The molecule has 1 aliphatic rings. The van der Waals surface area contributed by atoms with Gasteiger partial charge in [-0.2, -0.15) is 0 Å². The van der Waals surface area contributed by atoms with Gasteiger partial charge in [-0.15, -0.1) is 23.1 Å². The number of Topliss-reactive ketones (excluding diaryl/α,β-unsaturated/α-hetero) is 1. The van der Waals surface area contributed by atoms with Gasteiger partial charge in [-0.25, -0.2) is 0 Å². The molecule has 0 amide bonds. The van der Waals surface area contributed by atoms with E-state index in [9.17, 15) is 4.79 Å². The summed E-state index contributed by atoms with van der Waals surface area (Å²) < 4.78 is 0. The molecule has 1 saturated carbocycles. The summed E-state index contributed by atoms with van der Waals surface area (Å²) >= 11 is 3.14. The molecule has 1 heterocycles. The van der Waals surface area contributed by atoms with Crippen LogP contribution in [0.3, 0.4) is 0 Å². The lowest BCUT2D eigenvalue weighted by atomic mass is 10.2. The first-order valence-corrected chi connectivity index (χ1v) is 8.39. The third kappa shape index (κ3) is 2.67. The van der Waals surface area contributed by atoms with E-state index in [-0.39, 0.29) is 11.7 Å². The SMILES string of the molecule is CCC(C)Nc1sc(C(=O)C2CC2)c(N)c1SC. The highest BCUT2D eigenvalue weighted by Crippen LogP contribution is 2.45. The number of hydrogen-bond acceptors (Lipinski definition) is 5. The highest BCUT2D eigenvalue weighted by molar-refractivity contribution is 7.99. The molecule has 0 bridgehead atoms. The molecule has 0 spiro atoms. The van der Waals surface area contributed by atoms with Crippen LogP contribution >= 0.6 is 23.1 Å². The van der Waals surface area contributed by atoms with Gasteiger partial charge in [0.2, 0.25) is 0 Å². The number of carbonyl (C=O) groups excluding carboxylic acids is 1. The standard InChI is InChI=1S/C13H20N2OS2/c1-4-7(2)15-13-12(17-3)9(14)11(18-13)10(16)8-5-6-8/h7-8,15H,4-6,14H2,1-3H3. The first-order chi connectivity index (χ1) is 8.58. The molecule has 1 atom stereocenters. The van der Waals surface area contributed by atoms with Crippen molar-refractivity contribution in [2.75, 3.05) is 17.3 Å².